The van der Waals surface area contributed by atoms with Crippen LogP contribution in [0.1, 0.15) is 16.1 Å². The van der Waals surface area contributed by atoms with Gasteiger partial charge in [0.15, 0.2) is 0 Å². The molecule has 2 aromatic rings. The summed E-state index contributed by atoms with van der Waals surface area (Å²) in [6.07, 6.45) is 0. The number of hydrogen-bond donors (Lipinski definition) is 2. The van der Waals surface area contributed by atoms with Gasteiger partial charge in [0.2, 0.25) is 0 Å². The second-order valence-electron chi connectivity index (χ2n) is 4.10. The number of nitrogens with zero attached hydrogens (tertiary/aromatic N) is 1. The van der Waals surface area contributed by atoms with Crippen LogP contribution in [-0.4, -0.2) is 18.0 Å². The summed E-state index contributed by atoms with van der Waals surface area (Å²) >= 11 is 5.92. The Morgan fingerprint density at radius 1 is 1.40 bits per heavy atom. The van der Waals surface area contributed by atoms with Crippen molar-refractivity contribution in [3.05, 3.63) is 52.7 Å². The van der Waals surface area contributed by atoms with E-state index in [1.54, 1.807) is 19.2 Å². The molecule has 1 heterocycles. The number of carbonyl (C=O) groups excluding carboxylic acids is 1. The maximum absolute atomic E-state index is 12.0. The lowest BCUT2D eigenvalue weighted by Gasteiger charge is -2.08. The Labute approximate surface area is 121 Å². The van der Waals surface area contributed by atoms with Gasteiger partial charge in [-0.15, -0.1) is 0 Å². The van der Waals surface area contributed by atoms with E-state index >= 15 is 0 Å². The number of halogens is 1. The fourth-order valence-corrected chi connectivity index (χ4v) is 1.86. The third-order valence-electron chi connectivity index (χ3n) is 2.67. The molecule has 104 valence electrons. The smallest absolute Gasteiger partial charge is 0.271 e. The van der Waals surface area contributed by atoms with E-state index in [1.165, 1.54) is 0 Å². The van der Waals surface area contributed by atoms with Crippen molar-refractivity contribution < 1.29 is 9.53 Å². The van der Waals surface area contributed by atoms with Crippen LogP contribution in [0.25, 0.3) is 0 Å². The number of anilines is 1. The highest BCUT2D eigenvalue weighted by Gasteiger charge is 2.12. The number of ether oxygens (including phenoxy) is 1. The molecular weight excluding hydrogens is 278 g/mol. The van der Waals surface area contributed by atoms with Gasteiger partial charge in [-0.25, -0.2) is 4.98 Å². The van der Waals surface area contributed by atoms with E-state index in [-0.39, 0.29) is 22.4 Å². The molecule has 1 amide bonds. The predicted octanol–water partition coefficient (Wildman–Crippen LogP) is 2.26. The Balaban J connectivity index is 2.06. The molecule has 0 radical (unpaired) electrons. The number of nitrogens with one attached hydrogen (secondary N) is 1. The third kappa shape index (κ3) is 3.39. The minimum absolute atomic E-state index is 0.120. The molecule has 0 aliphatic rings. The Hall–Kier alpha value is -2.27. The monoisotopic (exact) mass is 291 g/mol. The van der Waals surface area contributed by atoms with Gasteiger partial charge >= 0.3 is 0 Å². The van der Waals surface area contributed by atoms with Crippen LogP contribution in [0.5, 0.6) is 5.75 Å². The molecule has 1 aromatic carbocycles. The molecule has 3 N–H and O–H groups in total. The van der Waals surface area contributed by atoms with E-state index in [0.717, 1.165) is 11.3 Å². The van der Waals surface area contributed by atoms with Gasteiger partial charge in [0.1, 0.15) is 17.3 Å². The van der Waals surface area contributed by atoms with E-state index in [9.17, 15) is 4.79 Å². The highest BCUT2D eigenvalue weighted by molar-refractivity contribution is 6.33. The lowest BCUT2D eigenvalue weighted by atomic mass is 10.2. The molecule has 2 rings (SSSR count). The Morgan fingerprint density at radius 2 is 2.20 bits per heavy atom. The summed E-state index contributed by atoms with van der Waals surface area (Å²) in [4.78, 5) is 15.9. The molecule has 0 fully saturated rings. The van der Waals surface area contributed by atoms with Crippen molar-refractivity contribution in [2.45, 2.75) is 6.54 Å². The van der Waals surface area contributed by atoms with Gasteiger partial charge in [-0.2, -0.15) is 0 Å². The summed E-state index contributed by atoms with van der Waals surface area (Å²) in [6, 6.07) is 10.5. The summed E-state index contributed by atoms with van der Waals surface area (Å²) in [5.74, 6) is 0.614. The Kier molecular flexibility index (Phi) is 4.42. The second-order valence-corrected chi connectivity index (χ2v) is 4.51. The molecule has 0 aliphatic heterocycles. The molecule has 0 atom stereocenters. The standard InChI is InChI=1S/C14H14ClN3O2/c1-20-10-4-2-3-9(7-10)8-17-14(19)13-11(15)5-6-12(16)18-13/h2-7H,8H2,1H3,(H2,16,18)(H,17,19). The van der Waals surface area contributed by atoms with Crippen LogP contribution in [0.15, 0.2) is 36.4 Å². The maximum atomic E-state index is 12.0. The number of aromatic nitrogens is 1. The lowest BCUT2D eigenvalue weighted by molar-refractivity contribution is 0.0946. The van der Waals surface area contributed by atoms with Gasteiger partial charge in [-0.05, 0) is 29.8 Å². The highest BCUT2D eigenvalue weighted by atomic mass is 35.5. The van der Waals surface area contributed by atoms with Crippen molar-refractivity contribution in [2.75, 3.05) is 12.8 Å². The van der Waals surface area contributed by atoms with Crippen molar-refractivity contribution in [3.63, 3.8) is 0 Å². The molecule has 5 nitrogen and oxygen atoms in total. The molecule has 0 bridgehead atoms. The zero-order valence-corrected chi connectivity index (χ0v) is 11.6. The average Bonchev–Trinajstić information content (AvgIpc) is 2.47. The lowest BCUT2D eigenvalue weighted by Crippen LogP contribution is -2.24. The maximum Gasteiger partial charge on any atom is 0.271 e. The molecule has 0 spiro atoms. The van der Waals surface area contributed by atoms with Gasteiger partial charge in [0.25, 0.3) is 5.91 Å². The highest BCUT2D eigenvalue weighted by Crippen LogP contribution is 2.16. The van der Waals surface area contributed by atoms with Crippen LogP contribution < -0.4 is 15.8 Å². The van der Waals surface area contributed by atoms with E-state index in [2.05, 4.69) is 10.3 Å². The van der Waals surface area contributed by atoms with Gasteiger partial charge in [-0.3, -0.25) is 4.79 Å². The van der Waals surface area contributed by atoms with Crippen LogP contribution in [0.2, 0.25) is 5.02 Å². The number of nitrogen functional groups attached to an aromatic ring is 1. The van der Waals surface area contributed by atoms with Gasteiger partial charge in [0.05, 0.1) is 12.1 Å². The molecule has 6 heteroatoms. The van der Waals surface area contributed by atoms with E-state index in [0.29, 0.717) is 6.54 Å². The molecular formula is C14H14ClN3O2. The Morgan fingerprint density at radius 3 is 2.95 bits per heavy atom. The summed E-state index contributed by atoms with van der Waals surface area (Å²) in [5.41, 5.74) is 6.58. The van der Waals surface area contributed by atoms with Crippen molar-refractivity contribution in [2.24, 2.45) is 0 Å². The largest absolute Gasteiger partial charge is 0.497 e. The van der Waals surface area contributed by atoms with Crippen molar-refractivity contribution in [3.8, 4) is 5.75 Å². The SMILES string of the molecule is COc1cccc(CNC(=O)c2nc(N)ccc2Cl)c1. The van der Waals surface area contributed by atoms with Gasteiger partial charge in [0, 0.05) is 6.54 Å². The van der Waals surface area contributed by atoms with Crippen molar-refractivity contribution >= 4 is 23.3 Å². The topological polar surface area (TPSA) is 77.2 Å². The van der Waals surface area contributed by atoms with Crippen LogP contribution in [0.4, 0.5) is 5.82 Å². The number of hydrogen-bond acceptors (Lipinski definition) is 4. The normalized spacial score (nSPS) is 10.1. The second kappa shape index (κ2) is 6.25. The third-order valence-corrected chi connectivity index (χ3v) is 2.97. The summed E-state index contributed by atoms with van der Waals surface area (Å²) in [6.45, 7) is 0.350. The first-order valence-corrected chi connectivity index (χ1v) is 6.31. The fourth-order valence-electron chi connectivity index (χ4n) is 1.66. The summed E-state index contributed by atoms with van der Waals surface area (Å²) < 4.78 is 5.12. The van der Waals surface area contributed by atoms with E-state index < -0.39 is 0 Å². The average molecular weight is 292 g/mol. The molecule has 0 aliphatic carbocycles. The Bertz CT molecular complexity index is 632. The first kappa shape index (κ1) is 14.1. The van der Waals surface area contributed by atoms with E-state index in [1.807, 2.05) is 24.3 Å². The van der Waals surface area contributed by atoms with Crippen LogP contribution in [0, 0.1) is 0 Å². The zero-order valence-electron chi connectivity index (χ0n) is 10.9. The number of pyridine rings is 1. The van der Waals surface area contributed by atoms with Crippen LogP contribution >= 0.6 is 11.6 Å². The first-order chi connectivity index (χ1) is 9.60. The molecule has 0 saturated heterocycles. The molecule has 0 saturated carbocycles. The van der Waals surface area contributed by atoms with Crippen LogP contribution in [0.3, 0.4) is 0 Å². The number of rotatable bonds is 4. The molecule has 0 unspecified atom stereocenters. The van der Waals surface area contributed by atoms with Crippen molar-refractivity contribution in [1.29, 1.82) is 0 Å². The first-order valence-electron chi connectivity index (χ1n) is 5.93. The molecule has 20 heavy (non-hydrogen) atoms. The zero-order chi connectivity index (χ0) is 14.5. The fraction of sp³-hybridized carbons (Fsp3) is 0.143. The van der Waals surface area contributed by atoms with Gasteiger partial charge < -0.3 is 15.8 Å². The van der Waals surface area contributed by atoms with Crippen molar-refractivity contribution in [1.82, 2.24) is 10.3 Å². The quantitative estimate of drug-likeness (QED) is 0.906. The number of benzene rings is 1. The van der Waals surface area contributed by atoms with Gasteiger partial charge in [-0.1, -0.05) is 23.7 Å². The minimum Gasteiger partial charge on any atom is -0.497 e. The molecule has 1 aromatic heterocycles. The number of carbonyl (C=O) groups is 1. The minimum atomic E-state index is -0.370. The predicted molar refractivity (Wildman–Crippen MR) is 77.8 cm³/mol. The number of amides is 1. The number of nitrogens with two attached hydrogens (primary N) is 1. The summed E-state index contributed by atoms with van der Waals surface area (Å²) in [7, 11) is 1.59. The van der Waals surface area contributed by atoms with E-state index in [4.69, 9.17) is 22.1 Å². The summed E-state index contributed by atoms with van der Waals surface area (Å²) in [5, 5.41) is 3.00. The number of methoxy groups -OCH3 is 1. The van der Waals surface area contributed by atoms with Crippen LogP contribution in [-0.2, 0) is 6.54 Å².